The Kier molecular flexibility index (Phi) is 6.09. The number of nitrogens with zero attached hydrogens (tertiary/aromatic N) is 2. The number of amides is 4. The Labute approximate surface area is 195 Å². The van der Waals surface area contributed by atoms with E-state index in [2.05, 4.69) is 10.6 Å². The van der Waals surface area contributed by atoms with E-state index in [1.807, 2.05) is 48.5 Å². The molecule has 3 aromatic carbocycles. The monoisotopic (exact) mass is 458 g/mol. The highest BCUT2D eigenvalue weighted by molar-refractivity contribution is 6.07. The van der Waals surface area contributed by atoms with E-state index in [1.54, 1.807) is 6.07 Å². The van der Waals surface area contributed by atoms with Crippen LogP contribution in [-0.4, -0.2) is 34.2 Å². The van der Waals surface area contributed by atoms with Crippen LogP contribution in [0.2, 0.25) is 0 Å². The first-order valence-corrected chi connectivity index (χ1v) is 10.6. The molecule has 1 saturated heterocycles. The van der Waals surface area contributed by atoms with E-state index in [4.69, 9.17) is 0 Å². The van der Waals surface area contributed by atoms with Gasteiger partial charge >= 0.3 is 6.03 Å². The summed E-state index contributed by atoms with van der Waals surface area (Å²) in [5.41, 5.74) is 1.37. The Bertz CT molecular complexity index is 1260. The number of imide groups is 1. The molecule has 0 aliphatic carbocycles. The standard InChI is InChI=1S/C25H22N4O5/c1-25(18-11-13-19(14-12-18)29(33)34)23(31)28(24(32)27-25)16-15-22(30)26-21-10-6-5-9-20(21)17-7-3-2-4-8-17/h2-14H,15-16H2,1H3,(H,26,30)(H,27,32). The largest absolute Gasteiger partial charge is 0.325 e. The number of benzene rings is 3. The third-order valence-electron chi connectivity index (χ3n) is 5.78. The summed E-state index contributed by atoms with van der Waals surface area (Å²) in [6, 6.07) is 21.8. The Balaban J connectivity index is 1.43. The Morgan fingerprint density at radius 2 is 1.65 bits per heavy atom. The molecule has 1 fully saturated rings. The molecule has 9 heteroatoms. The highest BCUT2D eigenvalue weighted by atomic mass is 16.6. The molecule has 4 amide bonds. The molecular weight excluding hydrogens is 436 g/mol. The number of anilines is 1. The summed E-state index contributed by atoms with van der Waals surface area (Å²) in [5, 5.41) is 16.4. The molecule has 1 aliphatic heterocycles. The van der Waals surface area contributed by atoms with Gasteiger partial charge in [0.1, 0.15) is 5.54 Å². The second-order valence-corrected chi connectivity index (χ2v) is 8.03. The van der Waals surface area contributed by atoms with Gasteiger partial charge in [0, 0.05) is 36.3 Å². The molecule has 0 saturated carbocycles. The van der Waals surface area contributed by atoms with Crippen molar-refractivity contribution in [2.24, 2.45) is 0 Å². The topological polar surface area (TPSA) is 122 Å². The van der Waals surface area contributed by atoms with Gasteiger partial charge in [0.15, 0.2) is 0 Å². The van der Waals surface area contributed by atoms with Gasteiger partial charge in [-0.3, -0.25) is 24.6 Å². The number of urea groups is 1. The van der Waals surface area contributed by atoms with Crippen molar-refractivity contribution in [3.63, 3.8) is 0 Å². The highest BCUT2D eigenvalue weighted by Gasteiger charge is 2.48. The molecule has 2 N–H and O–H groups in total. The molecule has 172 valence electrons. The Morgan fingerprint density at radius 1 is 1.00 bits per heavy atom. The summed E-state index contributed by atoms with van der Waals surface area (Å²) in [5.74, 6) is -0.864. The molecule has 0 aromatic heterocycles. The summed E-state index contributed by atoms with van der Waals surface area (Å²) >= 11 is 0. The molecule has 0 bridgehead atoms. The van der Waals surface area contributed by atoms with E-state index in [-0.39, 0.29) is 24.6 Å². The van der Waals surface area contributed by atoms with Crippen molar-refractivity contribution in [2.45, 2.75) is 18.9 Å². The molecule has 0 spiro atoms. The number of nitrogens with one attached hydrogen (secondary N) is 2. The third kappa shape index (κ3) is 4.36. The average molecular weight is 458 g/mol. The van der Waals surface area contributed by atoms with Gasteiger partial charge < -0.3 is 10.6 Å². The minimum atomic E-state index is -1.37. The van der Waals surface area contributed by atoms with Crippen LogP contribution in [0.15, 0.2) is 78.9 Å². The minimum Gasteiger partial charge on any atom is -0.325 e. The van der Waals surface area contributed by atoms with Crippen LogP contribution in [0.25, 0.3) is 11.1 Å². The molecule has 9 nitrogen and oxygen atoms in total. The van der Waals surface area contributed by atoms with E-state index in [1.165, 1.54) is 31.2 Å². The van der Waals surface area contributed by atoms with Crippen molar-refractivity contribution in [3.8, 4) is 11.1 Å². The second-order valence-electron chi connectivity index (χ2n) is 8.03. The van der Waals surface area contributed by atoms with Crippen LogP contribution in [0, 0.1) is 10.1 Å². The van der Waals surface area contributed by atoms with Crippen LogP contribution < -0.4 is 10.6 Å². The van der Waals surface area contributed by atoms with Crippen molar-refractivity contribution in [1.82, 2.24) is 10.2 Å². The van der Waals surface area contributed by atoms with Gasteiger partial charge in [0.2, 0.25) is 5.91 Å². The van der Waals surface area contributed by atoms with Gasteiger partial charge in [-0.1, -0.05) is 48.5 Å². The smallest absolute Gasteiger partial charge is 0.325 e. The zero-order chi connectivity index (χ0) is 24.3. The van der Waals surface area contributed by atoms with Crippen molar-refractivity contribution >= 4 is 29.2 Å². The number of nitro benzene ring substituents is 1. The molecule has 1 aliphatic rings. The van der Waals surface area contributed by atoms with E-state index in [0.717, 1.165) is 16.0 Å². The van der Waals surface area contributed by atoms with Crippen molar-refractivity contribution in [1.29, 1.82) is 0 Å². The normalized spacial score (nSPS) is 17.4. The van der Waals surface area contributed by atoms with Crippen molar-refractivity contribution < 1.29 is 19.3 Å². The molecular formula is C25H22N4O5. The number of hydrogen-bond acceptors (Lipinski definition) is 5. The Morgan fingerprint density at radius 3 is 2.32 bits per heavy atom. The zero-order valence-electron chi connectivity index (χ0n) is 18.4. The summed E-state index contributed by atoms with van der Waals surface area (Å²) in [6.45, 7) is 1.43. The van der Waals surface area contributed by atoms with Crippen LogP contribution in [0.3, 0.4) is 0 Å². The number of rotatable bonds is 7. The van der Waals surface area contributed by atoms with E-state index >= 15 is 0 Å². The highest BCUT2D eigenvalue weighted by Crippen LogP contribution is 2.31. The van der Waals surface area contributed by atoms with Gasteiger partial charge in [-0.25, -0.2) is 4.79 Å². The SMILES string of the molecule is CC1(c2ccc([N+](=O)[O-])cc2)NC(=O)N(CCC(=O)Nc2ccccc2-c2ccccc2)C1=O. The van der Waals surface area contributed by atoms with Gasteiger partial charge in [0.25, 0.3) is 11.6 Å². The van der Waals surface area contributed by atoms with Gasteiger partial charge in [-0.15, -0.1) is 0 Å². The molecule has 1 unspecified atom stereocenters. The van der Waals surface area contributed by atoms with Crippen LogP contribution in [0.5, 0.6) is 0 Å². The summed E-state index contributed by atoms with van der Waals surface area (Å²) in [4.78, 5) is 49.5. The summed E-state index contributed by atoms with van der Waals surface area (Å²) in [7, 11) is 0. The van der Waals surface area contributed by atoms with Crippen LogP contribution in [0.1, 0.15) is 18.9 Å². The second kappa shape index (κ2) is 9.14. The van der Waals surface area contributed by atoms with Crippen molar-refractivity contribution in [3.05, 3.63) is 94.5 Å². The predicted molar refractivity (Wildman–Crippen MR) is 126 cm³/mol. The lowest BCUT2D eigenvalue weighted by atomic mass is 9.92. The van der Waals surface area contributed by atoms with Gasteiger partial charge in [-0.2, -0.15) is 0 Å². The van der Waals surface area contributed by atoms with Gasteiger partial charge in [0.05, 0.1) is 4.92 Å². The molecule has 1 heterocycles. The number of nitro groups is 1. The zero-order valence-corrected chi connectivity index (χ0v) is 18.4. The maximum Gasteiger partial charge on any atom is 0.325 e. The number of carbonyl (C=O) groups is 3. The fraction of sp³-hybridized carbons (Fsp3) is 0.160. The van der Waals surface area contributed by atoms with E-state index < -0.39 is 22.4 Å². The lowest BCUT2D eigenvalue weighted by molar-refractivity contribution is -0.384. The van der Waals surface area contributed by atoms with Crippen LogP contribution >= 0.6 is 0 Å². The quantitative estimate of drug-likeness (QED) is 0.314. The number of carbonyl (C=O) groups excluding carboxylic acids is 3. The maximum absolute atomic E-state index is 13.0. The Hall–Kier alpha value is -4.53. The lowest BCUT2D eigenvalue weighted by Gasteiger charge is -2.22. The third-order valence-corrected chi connectivity index (χ3v) is 5.78. The van der Waals surface area contributed by atoms with Crippen LogP contribution in [0.4, 0.5) is 16.2 Å². The molecule has 1 atom stereocenters. The molecule has 4 rings (SSSR count). The average Bonchev–Trinajstić information content (AvgIpc) is 3.07. The maximum atomic E-state index is 13.0. The van der Waals surface area contributed by atoms with E-state index in [9.17, 15) is 24.5 Å². The fourth-order valence-electron chi connectivity index (χ4n) is 3.90. The van der Waals surface area contributed by atoms with Crippen LogP contribution in [-0.2, 0) is 15.1 Å². The molecule has 34 heavy (non-hydrogen) atoms. The molecule has 3 aromatic rings. The minimum absolute atomic E-state index is 0.0847. The lowest BCUT2D eigenvalue weighted by Crippen LogP contribution is -2.41. The number of hydrogen-bond donors (Lipinski definition) is 2. The summed E-state index contributed by atoms with van der Waals surface area (Å²) < 4.78 is 0. The first-order valence-electron chi connectivity index (χ1n) is 10.6. The predicted octanol–water partition coefficient (Wildman–Crippen LogP) is 4.06. The fourth-order valence-corrected chi connectivity index (χ4v) is 3.90. The molecule has 0 radical (unpaired) electrons. The van der Waals surface area contributed by atoms with Crippen molar-refractivity contribution in [2.75, 3.05) is 11.9 Å². The van der Waals surface area contributed by atoms with Gasteiger partial charge in [-0.05, 0) is 36.2 Å². The number of non-ortho nitro benzene ring substituents is 1. The first kappa shape index (κ1) is 22.7. The number of para-hydroxylation sites is 1. The first-order chi connectivity index (χ1) is 16.3. The van der Waals surface area contributed by atoms with E-state index in [0.29, 0.717) is 11.3 Å². The summed E-state index contributed by atoms with van der Waals surface area (Å²) in [6.07, 6.45) is -0.0847.